The third-order valence-corrected chi connectivity index (χ3v) is 3.32. The summed E-state index contributed by atoms with van der Waals surface area (Å²) in [6.07, 6.45) is 2.06. The number of pyridine rings is 1. The summed E-state index contributed by atoms with van der Waals surface area (Å²) in [5.74, 6) is 0.935. The van der Waals surface area contributed by atoms with Crippen LogP contribution in [0.3, 0.4) is 0 Å². The van der Waals surface area contributed by atoms with Crippen LogP contribution in [0, 0.1) is 6.92 Å². The molecular formula is C12H18BrN3O. The average molecular weight is 300 g/mol. The molecule has 94 valence electrons. The minimum atomic E-state index is 0.249. The molecule has 0 amide bonds. The van der Waals surface area contributed by atoms with Gasteiger partial charge in [0, 0.05) is 30.3 Å². The lowest BCUT2D eigenvalue weighted by molar-refractivity contribution is -0.0117. The zero-order valence-electron chi connectivity index (χ0n) is 10.2. The summed E-state index contributed by atoms with van der Waals surface area (Å²) in [6.45, 7) is 5.66. The summed E-state index contributed by atoms with van der Waals surface area (Å²) >= 11 is 3.41. The van der Waals surface area contributed by atoms with Crippen molar-refractivity contribution >= 4 is 21.7 Å². The van der Waals surface area contributed by atoms with Crippen molar-refractivity contribution in [3.63, 3.8) is 0 Å². The molecule has 4 nitrogen and oxygen atoms in total. The molecule has 1 aliphatic heterocycles. The topological polar surface area (TPSA) is 37.4 Å². The van der Waals surface area contributed by atoms with Crippen molar-refractivity contribution in [2.75, 3.05) is 38.6 Å². The van der Waals surface area contributed by atoms with Crippen molar-refractivity contribution in [2.45, 2.75) is 13.0 Å². The molecule has 2 heterocycles. The summed E-state index contributed by atoms with van der Waals surface area (Å²) in [4.78, 5) is 6.64. The van der Waals surface area contributed by atoms with Crippen LogP contribution in [0.25, 0.3) is 0 Å². The second-order valence-corrected chi connectivity index (χ2v) is 5.37. The fraction of sp³-hybridized carbons (Fsp3) is 0.583. The quantitative estimate of drug-likeness (QED) is 0.925. The van der Waals surface area contributed by atoms with E-state index in [0.29, 0.717) is 0 Å². The predicted octanol–water partition coefficient (Wildman–Crippen LogP) is 1.90. The number of anilines is 1. The highest BCUT2D eigenvalue weighted by Crippen LogP contribution is 2.17. The van der Waals surface area contributed by atoms with E-state index < -0.39 is 0 Å². The van der Waals surface area contributed by atoms with Crippen molar-refractivity contribution in [3.8, 4) is 0 Å². The van der Waals surface area contributed by atoms with Crippen LogP contribution >= 0.6 is 15.9 Å². The number of aryl methyl sites for hydroxylation is 1. The van der Waals surface area contributed by atoms with E-state index in [2.05, 4.69) is 44.2 Å². The Bertz CT molecular complexity index is 386. The summed E-state index contributed by atoms with van der Waals surface area (Å²) in [5.41, 5.74) is 1.14. The van der Waals surface area contributed by atoms with Gasteiger partial charge >= 0.3 is 0 Å². The van der Waals surface area contributed by atoms with Crippen LogP contribution < -0.4 is 5.32 Å². The summed E-state index contributed by atoms with van der Waals surface area (Å²) < 4.78 is 6.70. The number of morpholine rings is 1. The maximum atomic E-state index is 5.69. The molecule has 1 aromatic heterocycles. The number of hydrogen-bond donors (Lipinski definition) is 1. The Morgan fingerprint density at radius 1 is 1.65 bits per heavy atom. The number of nitrogens with zero attached hydrogens (tertiary/aromatic N) is 2. The molecule has 5 heteroatoms. The van der Waals surface area contributed by atoms with E-state index in [-0.39, 0.29) is 6.10 Å². The molecule has 1 atom stereocenters. The molecule has 0 aliphatic carbocycles. The van der Waals surface area contributed by atoms with Gasteiger partial charge in [0.05, 0.1) is 12.7 Å². The fourth-order valence-electron chi connectivity index (χ4n) is 1.93. The first-order valence-electron chi connectivity index (χ1n) is 5.81. The maximum absolute atomic E-state index is 5.69. The molecule has 0 spiro atoms. The molecular weight excluding hydrogens is 282 g/mol. The van der Waals surface area contributed by atoms with Crippen molar-refractivity contribution in [1.29, 1.82) is 0 Å². The first kappa shape index (κ1) is 12.8. The highest BCUT2D eigenvalue weighted by molar-refractivity contribution is 9.10. The van der Waals surface area contributed by atoms with Gasteiger partial charge in [0.15, 0.2) is 0 Å². The molecule has 0 radical (unpaired) electrons. The lowest BCUT2D eigenvalue weighted by atomic mass is 10.2. The van der Waals surface area contributed by atoms with Crippen LogP contribution in [-0.2, 0) is 4.74 Å². The van der Waals surface area contributed by atoms with Crippen LogP contribution in [0.15, 0.2) is 16.7 Å². The largest absolute Gasteiger partial charge is 0.374 e. The first-order valence-corrected chi connectivity index (χ1v) is 6.60. The van der Waals surface area contributed by atoms with Gasteiger partial charge in [-0.1, -0.05) is 0 Å². The summed E-state index contributed by atoms with van der Waals surface area (Å²) in [5, 5.41) is 3.35. The molecule has 17 heavy (non-hydrogen) atoms. The Hall–Kier alpha value is -0.650. The van der Waals surface area contributed by atoms with E-state index in [0.717, 1.165) is 42.1 Å². The van der Waals surface area contributed by atoms with E-state index in [4.69, 9.17) is 4.74 Å². The molecule has 1 aromatic rings. The Labute approximate surface area is 110 Å². The molecule has 1 aliphatic rings. The lowest BCUT2D eigenvalue weighted by Crippen LogP contribution is -2.43. The van der Waals surface area contributed by atoms with E-state index in [1.165, 1.54) is 0 Å². The molecule has 1 fully saturated rings. The zero-order chi connectivity index (χ0) is 12.3. The highest BCUT2D eigenvalue weighted by Gasteiger charge is 2.17. The van der Waals surface area contributed by atoms with Gasteiger partial charge in [0.2, 0.25) is 0 Å². The SMILES string of the molecule is Cc1cc(Br)cnc1NC[C@@H]1CN(C)CCO1. The summed E-state index contributed by atoms with van der Waals surface area (Å²) in [6, 6.07) is 2.06. The van der Waals surface area contributed by atoms with E-state index in [9.17, 15) is 0 Å². The number of likely N-dealkylation sites (N-methyl/N-ethyl adjacent to an activating group) is 1. The van der Waals surface area contributed by atoms with Crippen LogP contribution in [0.5, 0.6) is 0 Å². The van der Waals surface area contributed by atoms with Crippen molar-refractivity contribution < 1.29 is 4.74 Å². The Balaban J connectivity index is 1.88. The lowest BCUT2D eigenvalue weighted by Gasteiger charge is -2.30. The van der Waals surface area contributed by atoms with E-state index >= 15 is 0 Å². The second kappa shape index (κ2) is 5.80. The number of halogens is 1. The average Bonchev–Trinajstić information content (AvgIpc) is 2.28. The van der Waals surface area contributed by atoms with Crippen LogP contribution in [0.4, 0.5) is 5.82 Å². The molecule has 1 N–H and O–H groups in total. The molecule has 0 bridgehead atoms. The Morgan fingerprint density at radius 2 is 2.47 bits per heavy atom. The zero-order valence-corrected chi connectivity index (χ0v) is 11.8. The third kappa shape index (κ3) is 3.66. The monoisotopic (exact) mass is 299 g/mol. The van der Waals surface area contributed by atoms with Crippen molar-refractivity contribution in [1.82, 2.24) is 9.88 Å². The molecule has 2 rings (SSSR count). The van der Waals surface area contributed by atoms with Crippen LogP contribution in [0.2, 0.25) is 0 Å². The molecule has 0 aromatic carbocycles. The van der Waals surface area contributed by atoms with E-state index in [1.807, 2.05) is 13.1 Å². The van der Waals surface area contributed by atoms with E-state index in [1.54, 1.807) is 0 Å². The van der Waals surface area contributed by atoms with Crippen LogP contribution in [0.1, 0.15) is 5.56 Å². The number of hydrogen-bond acceptors (Lipinski definition) is 4. The van der Waals surface area contributed by atoms with Gasteiger partial charge in [-0.05, 0) is 41.5 Å². The molecule has 0 saturated carbocycles. The first-order chi connectivity index (χ1) is 8.15. The number of ether oxygens (including phenoxy) is 1. The van der Waals surface area contributed by atoms with Gasteiger partial charge in [-0.15, -0.1) is 0 Å². The molecule has 0 unspecified atom stereocenters. The second-order valence-electron chi connectivity index (χ2n) is 4.45. The predicted molar refractivity (Wildman–Crippen MR) is 72.4 cm³/mol. The van der Waals surface area contributed by atoms with Gasteiger partial charge < -0.3 is 15.0 Å². The number of rotatable bonds is 3. The third-order valence-electron chi connectivity index (χ3n) is 2.88. The van der Waals surface area contributed by atoms with Crippen molar-refractivity contribution in [2.24, 2.45) is 0 Å². The smallest absolute Gasteiger partial charge is 0.129 e. The Kier molecular flexibility index (Phi) is 4.36. The van der Waals surface area contributed by atoms with Gasteiger partial charge in [-0.25, -0.2) is 4.98 Å². The maximum Gasteiger partial charge on any atom is 0.129 e. The fourth-order valence-corrected chi connectivity index (χ4v) is 2.37. The number of nitrogens with one attached hydrogen (secondary N) is 1. The minimum absolute atomic E-state index is 0.249. The Morgan fingerprint density at radius 3 is 3.18 bits per heavy atom. The number of aromatic nitrogens is 1. The molecule has 1 saturated heterocycles. The van der Waals surface area contributed by atoms with Crippen molar-refractivity contribution in [3.05, 3.63) is 22.3 Å². The highest BCUT2D eigenvalue weighted by atomic mass is 79.9. The van der Waals surface area contributed by atoms with Gasteiger partial charge in [0.1, 0.15) is 5.82 Å². The van der Waals surface area contributed by atoms with Gasteiger partial charge in [-0.2, -0.15) is 0 Å². The van der Waals surface area contributed by atoms with Gasteiger partial charge in [0.25, 0.3) is 0 Å². The standard InChI is InChI=1S/C12H18BrN3O/c1-9-5-10(13)6-14-12(9)15-7-11-8-16(2)3-4-17-11/h5-6,11H,3-4,7-8H2,1-2H3,(H,14,15)/t11-/m1/s1. The minimum Gasteiger partial charge on any atom is -0.374 e. The summed E-state index contributed by atoms with van der Waals surface area (Å²) in [7, 11) is 2.12. The van der Waals surface area contributed by atoms with Crippen LogP contribution in [-0.4, -0.2) is 49.3 Å². The van der Waals surface area contributed by atoms with Gasteiger partial charge in [-0.3, -0.25) is 0 Å². The normalized spacial score (nSPS) is 21.5.